The molecule has 0 heterocycles. The van der Waals surface area contributed by atoms with Gasteiger partial charge in [-0.25, -0.2) is 0 Å². The molecule has 13 heavy (non-hydrogen) atoms. The molecule has 0 spiro atoms. The second-order valence-electron chi connectivity index (χ2n) is 3.29. The molecule has 0 aromatic rings. The topological polar surface area (TPSA) is 78.9 Å². The molecule has 4 heteroatoms. The van der Waals surface area contributed by atoms with Gasteiger partial charge >= 0.3 is 0 Å². The number of hydrogen-bond acceptors (Lipinski definition) is 3. The second kappa shape index (κ2) is 4.63. The number of primary amides is 1. The van der Waals surface area contributed by atoms with E-state index in [-0.39, 0.29) is 11.1 Å². The van der Waals surface area contributed by atoms with Crippen molar-refractivity contribution in [2.45, 2.75) is 26.3 Å². The van der Waals surface area contributed by atoms with Crippen LogP contribution in [0, 0.1) is 11.3 Å². The van der Waals surface area contributed by atoms with Gasteiger partial charge in [-0.1, -0.05) is 6.92 Å². The Balaban J connectivity index is 4.70. The largest absolute Gasteiger partial charge is 0.365 e. The lowest BCUT2D eigenvalue weighted by molar-refractivity contribution is -0.114. The van der Waals surface area contributed by atoms with Crippen LogP contribution in [0.5, 0.6) is 0 Å². The van der Waals surface area contributed by atoms with Crippen molar-refractivity contribution in [3.63, 3.8) is 0 Å². The summed E-state index contributed by atoms with van der Waals surface area (Å²) in [5, 5.41) is 11.7. The van der Waals surface area contributed by atoms with Gasteiger partial charge in [0.05, 0.1) is 0 Å². The maximum absolute atomic E-state index is 10.7. The van der Waals surface area contributed by atoms with Gasteiger partial charge in [-0.05, 0) is 26.5 Å². The number of nitrogens with one attached hydrogen (secondary N) is 1. The Hall–Kier alpha value is -1.34. The van der Waals surface area contributed by atoms with Crippen LogP contribution < -0.4 is 11.1 Å². The third-order valence-electron chi connectivity index (χ3n) is 1.52. The first-order chi connectivity index (χ1) is 5.93. The van der Waals surface area contributed by atoms with Crippen LogP contribution in [0.25, 0.3) is 0 Å². The predicted molar refractivity (Wildman–Crippen MR) is 50.6 cm³/mol. The summed E-state index contributed by atoms with van der Waals surface area (Å²) < 4.78 is 0. The Kier molecular flexibility index (Phi) is 4.15. The number of carbonyl (C=O) groups is 1. The Bertz CT molecular complexity index is 261. The first-order valence-electron chi connectivity index (χ1n) is 4.10. The highest BCUT2D eigenvalue weighted by Gasteiger charge is 2.15. The van der Waals surface area contributed by atoms with E-state index in [4.69, 9.17) is 11.0 Å². The van der Waals surface area contributed by atoms with Gasteiger partial charge < -0.3 is 11.1 Å². The molecule has 3 N–H and O–H groups in total. The lowest BCUT2D eigenvalue weighted by Crippen LogP contribution is -2.38. The van der Waals surface area contributed by atoms with Crippen molar-refractivity contribution in [3.8, 4) is 6.07 Å². The third kappa shape index (κ3) is 4.28. The molecular weight excluding hydrogens is 166 g/mol. The average Bonchev–Trinajstić information content (AvgIpc) is 1.99. The van der Waals surface area contributed by atoms with Crippen LogP contribution in [0.2, 0.25) is 0 Å². The minimum atomic E-state index is -0.687. The molecule has 0 aliphatic heterocycles. The minimum absolute atomic E-state index is 0.00838. The van der Waals surface area contributed by atoms with Crippen LogP contribution >= 0.6 is 0 Å². The van der Waals surface area contributed by atoms with E-state index in [1.54, 1.807) is 12.1 Å². The highest BCUT2D eigenvalue weighted by atomic mass is 16.1. The monoisotopic (exact) mass is 181 g/mol. The average molecular weight is 181 g/mol. The van der Waals surface area contributed by atoms with Gasteiger partial charge in [-0.2, -0.15) is 5.26 Å². The maximum atomic E-state index is 10.7. The second-order valence-corrected chi connectivity index (χ2v) is 3.29. The van der Waals surface area contributed by atoms with Crippen LogP contribution in [-0.2, 0) is 4.79 Å². The summed E-state index contributed by atoms with van der Waals surface area (Å²) in [7, 11) is 0. The van der Waals surface area contributed by atoms with E-state index in [1.165, 1.54) is 0 Å². The number of amides is 1. The molecule has 0 bridgehead atoms. The first kappa shape index (κ1) is 11.7. The zero-order valence-corrected chi connectivity index (χ0v) is 8.22. The van der Waals surface area contributed by atoms with E-state index in [9.17, 15) is 4.79 Å². The van der Waals surface area contributed by atoms with E-state index in [1.807, 2.05) is 20.8 Å². The van der Waals surface area contributed by atoms with Crippen LogP contribution in [-0.4, -0.2) is 18.0 Å². The smallest absolute Gasteiger partial charge is 0.259 e. The van der Waals surface area contributed by atoms with Gasteiger partial charge in [0.15, 0.2) is 0 Å². The number of nitrogens with two attached hydrogens (primary N) is 1. The van der Waals surface area contributed by atoms with Crippen LogP contribution in [0.3, 0.4) is 0 Å². The fraction of sp³-hybridized carbons (Fsp3) is 0.556. The predicted octanol–water partition coefficient (Wildman–Crippen LogP) is 0.310. The molecule has 0 aliphatic rings. The van der Waals surface area contributed by atoms with Crippen molar-refractivity contribution >= 4 is 5.91 Å². The molecule has 0 unspecified atom stereocenters. The van der Waals surface area contributed by atoms with Gasteiger partial charge in [-0.15, -0.1) is 0 Å². The molecule has 0 atom stereocenters. The Labute approximate surface area is 78.4 Å². The molecule has 0 saturated heterocycles. The molecule has 0 aliphatic carbocycles. The highest BCUT2D eigenvalue weighted by molar-refractivity contribution is 5.96. The van der Waals surface area contributed by atoms with E-state index in [0.29, 0.717) is 0 Å². The van der Waals surface area contributed by atoms with E-state index in [0.717, 1.165) is 6.54 Å². The summed E-state index contributed by atoms with van der Waals surface area (Å²) in [5.74, 6) is -0.687. The van der Waals surface area contributed by atoms with Crippen molar-refractivity contribution in [3.05, 3.63) is 11.6 Å². The maximum Gasteiger partial charge on any atom is 0.259 e. The molecule has 0 saturated carbocycles. The summed E-state index contributed by atoms with van der Waals surface area (Å²) in [4.78, 5) is 10.7. The number of hydrogen-bond donors (Lipinski definition) is 2. The molecular formula is C9H15N3O. The van der Waals surface area contributed by atoms with E-state index >= 15 is 0 Å². The van der Waals surface area contributed by atoms with Crippen molar-refractivity contribution in [2.24, 2.45) is 5.73 Å². The summed E-state index contributed by atoms with van der Waals surface area (Å²) in [5.41, 5.74) is 4.60. The molecule has 72 valence electrons. The number of carbonyl (C=O) groups excluding carboxylic acids is 1. The zero-order chi connectivity index (χ0) is 10.5. The number of nitriles is 1. The van der Waals surface area contributed by atoms with Gasteiger partial charge in [-0.3, -0.25) is 4.79 Å². The van der Waals surface area contributed by atoms with Gasteiger partial charge in [0.1, 0.15) is 11.6 Å². The number of likely N-dealkylation sites (N-methyl/N-ethyl adjacent to an activating group) is 1. The van der Waals surface area contributed by atoms with Gasteiger partial charge in [0.25, 0.3) is 5.91 Å². The van der Waals surface area contributed by atoms with Crippen molar-refractivity contribution < 1.29 is 4.79 Å². The summed E-state index contributed by atoms with van der Waals surface area (Å²) in [6, 6.07) is 1.76. The van der Waals surface area contributed by atoms with Crippen molar-refractivity contribution in [1.82, 2.24) is 5.32 Å². The molecule has 4 nitrogen and oxygen atoms in total. The van der Waals surface area contributed by atoms with E-state index in [2.05, 4.69) is 5.32 Å². The molecule has 0 aromatic heterocycles. The lowest BCUT2D eigenvalue weighted by atomic mass is 10.0. The molecule has 0 radical (unpaired) electrons. The SMILES string of the molecule is CCNC(C)(C)C=C(C#N)C(N)=O. The normalized spacial score (nSPS) is 12.3. The molecule has 0 aromatic carbocycles. The quantitative estimate of drug-likeness (QED) is 0.484. The van der Waals surface area contributed by atoms with Crippen LogP contribution in [0.4, 0.5) is 0 Å². The fourth-order valence-electron chi connectivity index (χ4n) is 1.03. The van der Waals surface area contributed by atoms with Gasteiger partial charge in [0, 0.05) is 5.54 Å². The van der Waals surface area contributed by atoms with Crippen molar-refractivity contribution in [2.75, 3.05) is 6.54 Å². The zero-order valence-electron chi connectivity index (χ0n) is 8.22. The van der Waals surface area contributed by atoms with Gasteiger partial charge in [0.2, 0.25) is 0 Å². The third-order valence-corrected chi connectivity index (χ3v) is 1.52. The first-order valence-corrected chi connectivity index (χ1v) is 4.10. The van der Waals surface area contributed by atoms with Crippen LogP contribution in [0.15, 0.2) is 11.6 Å². The summed E-state index contributed by atoms with van der Waals surface area (Å²) in [6.45, 7) is 6.46. The Morgan fingerprint density at radius 2 is 2.23 bits per heavy atom. The fourth-order valence-corrected chi connectivity index (χ4v) is 1.03. The Morgan fingerprint density at radius 1 is 1.69 bits per heavy atom. The highest BCUT2D eigenvalue weighted by Crippen LogP contribution is 2.07. The molecule has 0 fully saturated rings. The summed E-state index contributed by atoms with van der Waals surface area (Å²) >= 11 is 0. The Morgan fingerprint density at radius 3 is 2.54 bits per heavy atom. The van der Waals surface area contributed by atoms with Crippen molar-refractivity contribution in [1.29, 1.82) is 5.26 Å². The molecule has 1 amide bonds. The summed E-state index contributed by atoms with van der Waals surface area (Å²) in [6.07, 6.45) is 1.54. The number of nitrogens with zero attached hydrogens (tertiary/aromatic N) is 1. The van der Waals surface area contributed by atoms with Crippen LogP contribution in [0.1, 0.15) is 20.8 Å². The molecule has 0 rings (SSSR count). The lowest BCUT2D eigenvalue weighted by Gasteiger charge is -2.21. The number of rotatable bonds is 4. The standard InChI is InChI=1S/C9H15N3O/c1-4-12-9(2,3)5-7(6-10)8(11)13/h5,12H,4H2,1-3H3,(H2,11,13). The minimum Gasteiger partial charge on any atom is -0.365 e. The van der Waals surface area contributed by atoms with E-state index < -0.39 is 5.91 Å².